The molecule has 0 heterocycles. The Bertz CT molecular complexity index is 612. The number of hydrogen-bond donors (Lipinski definition) is 3. The van der Waals surface area contributed by atoms with Gasteiger partial charge in [0.2, 0.25) is 0 Å². The third kappa shape index (κ3) is 6.60. The van der Waals surface area contributed by atoms with E-state index in [2.05, 4.69) is 5.32 Å². The van der Waals surface area contributed by atoms with Gasteiger partial charge in [-0.25, -0.2) is 9.59 Å². The van der Waals surface area contributed by atoms with Gasteiger partial charge in [-0.15, -0.1) is 0 Å². The number of benzene rings is 1. The van der Waals surface area contributed by atoms with E-state index in [1.165, 1.54) is 31.2 Å². The largest absolute Gasteiger partial charge is 0.484 e. The minimum absolute atomic E-state index is 0.00720. The van der Waals surface area contributed by atoms with E-state index in [4.69, 9.17) is 14.9 Å². The first kappa shape index (κ1) is 18.1. The molecule has 0 fully saturated rings. The van der Waals surface area contributed by atoms with Crippen molar-refractivity contribution in [1.29, 1.82) is 0 Å². The summed E-state index contributed by atoms with van der Waals surface area (Å²) in [6.45, 7) is 0.867. The lowest BCUT2D eigenvalue weighted by molar-refractivity contribution is -0.142. The Kier molecular flexibility index (Phi) is 6.72. The predicted molar refractivity (Wildman–Crippen MR) is 78.4 cm³/mol. The highest BCUT2D eigenvalue weighted by atomic mass is 16.5. The van der Waals surface area contributed by atoms with Gasteiger partial charge < -0.3 is 25.1 Å². The van der Waals surface area contributed by atoms with Crippen LogP contribution >= 0.6 is 0 Å². The van der Waals surface area contributed by atoms with Crippen LogP contribution in [0.1, 0.15) is 30.1 Å². The average molecular weight is 323 g/mol. The Balaban J connectivity index is 2.55. The highest BCUT2D eigenvalue weighted by molar-refractivity contribution is 5.88. The van der Waals surface area contributed by atoms with Crippen LogP contribution in [0.2, 0.25) is 0 Å². The summed E-state index contributed by atoms with van der Waals surface area (Å²) >= 11 is 0. The van der Waals surface area contributed by atoms with Gasteiger partial charge in [0.15, 0.2) is 6.61 Å². The Morgan fingerprint density at radius 1 is 1.22 bits per heavy atom. The van der Waals surface area contributed by atoms with E-state index in [1.54, 1.807) is 0 Å². The van der Waals surface area contributed by atoms with Crippen LogP contribution < -0.4 is 10.1 Å². The van der Waals surface area contributed by atoms with Crippen LogP contribution in [0.15, 0.2) is 24.3 Å². The molecule has 8 heteroatoms. The number of carbonyl (C=O) groups is 4. The Morgan fingerprint density at radius 2 is 1.91 bits per heavy atom. The van der Waals surface area contributed by atoms with Crippen molar-refractivity contribution < 1.29 is 34.1 Å². The maximum atomic E-state index is 11.7. The summed E-state index contributed by atoms with van der Waals surface area (Å²) in [7, 11) is 0. The number of hydrogen-bond acceptors (Lipinski definition) is 5. The van der Waals surface area contributed by atoms with Gasteiger partial charge in [0.25, 0.3) is 5.91 Å². The van der Waals surface area contributed by atoms with Crippen molar-refractivity contribution in [2.24, 2.45) is 0 Å². The standard InChI is InChI=1S/C15H17NO7/c1-9(17)5-6-12(15(21)22)16-13(18)8-23-11-4-2-3-10(7-11)14(19)20/h2-4,7,12H,5-6,8H2,1H3,(H,16,18)(H,19,20)(H,21,22). The molecule has 1 atom stereocenters. The summed E-state index contributed by atoms with van der Waals surface area (Å²) in [5.41, 5.74) is 0.00720. The van der Waals surface area contributed by atoms with Gasteiger partial charge in [0, 0.05) is 6.42 Å². The number of ether oxygens (including phenoxy) is 1. The first-order valence-electron chi connectivity index (χ1n) is 6.77. The van der Waals surface area contributed by atoms with Crippen LogP contribution in [0.25, 0.3) is 0 Å². The number of ketones is 1. The fourth-order valence-electron chi connectivity index (χ4n) is 1.71. The van der Waals surface area contributed by atoms with E-state index >= 15 is 0 Å². The molecule has 0 aliphatic heterocycles. The number of Topliss-reactive ketones (excluding diaryl/α,β-unsaturated/α-hetero) is 1. The number of aliphatic carboxylic acids is 1. The van der Waals surface area contributed by atoms with Gasteiger partial charge in [-0.2, -0.15) is 0 Å². The predicted octanol–water partition coefficient (Wildman–Crippen LogP) is 0.702. The number of nitrogens with one attached hydrogen (secondary N) is 1. The SMILES string of the molecule is CC(=O)CCC(NC(=O)COc1cccc(C(=O)O)c1)C(=O)O. The maximum Gasteiger partial charge on any atom is 0.335 e. The number of carboxylic acid groups (broad SMARTS) is 2. The third-order valence-corrected chi connectivity index (χ3v) is 2.87. The van der Waals surface area contributed by atoms with Crippen molar-refractivity contribution in [3.05, 3.63) is 29.8 Å². The maximum absolute atomic E-state index is 11.7. The quantitative estimate of drug-likeness (QED) is 0.610. The van der Waals surface area contributed by atoms with E-state index in [9.17, 15) is 19.2 Å². The molecule has 0 spiro atoms. The van der Waals surface area contributed by atoms with Crippen LogP contribution in [0, 0.1) is 0 Å². The summed E-state index contributed by atoms with van der Waals surface area (Å²) in [5.74, 6) is -3.05. The average Bonchev–Trinajstić information content (AvgIpc) is 2.49. The van der Waals surface area contributed by atoms with Gasteiger partial charge in [0.1, 0.15) is 17.6 Å². The van der Waals surface area contributed by atoms with Crippen LogP contribution in [0.3, 0.4) is 0 Å². The van der Waals surface area contributed by atoms with E-state index in [-0.39, 0.29) is 29.9 Å². The molecule has 0 aliphatic carbocycles. The number of rotatable bonds is 9. The molecule has 0 aromatic heterocycles. The Morgan fingerprint density at radius 3 is 2.48 bits per heavy atom. The minimum Gasteiger partial charge on any atom is -0.484 e. The van der Waals surface area contributed by atoms with Crippen LogP contribution in [-0.2, 0) is 14.4 Å². The van der Waals surface area contributed by atoms with Gasteiger partial charge >= 0.3 is 11.9 Å². The molecular weight excluding hydrogens is 306 g/mol. The van der Waals surface area contributed by atoms with Crippen molar-refractivity contribution in [2.75, 3.05) is 6.61 Å². The molecule has 0 saturated heterocycles. The highest BCUT2D eigenvalue weighted by Gasteiger charge is 2.20. The molecule has 1 unspecified atom stereocenters. The second kappa shape index (κ2) is 8.52. The number of amides is 1. The zero-order valence-corrected chi connectivity index (χ0v) is 12.4. The molecule has 1 rings (SSSR count). The lowest BCUT2D eigenvalue weighted by Crippen LogP contribution is -2.43. The van der Waals surface area contributed by atoms with Gasteiger partial charge in [-0.05, 0) is 31.5 Å². The summed E-state index contributed by atoms with van der Waals surface area (Å²) in [6.07, 6.45) is 0.0314. The van der Waals surface area contributed by atoms with E-state index in [1.807, 2.05) is 0 Å². The van der Waals surface area contributed by atoms with Crippen LogP contribution in [0.4, 0.5) is 0 Å². The monoisotopic (exact) mass is 323 g/mol. The zero-order valence-electron chi connectivity index (χ0n) is 12.4. The summed E-state index contributed by atoms with van der Waals surface area (Å²) in [5, 5.41) is 20.1. The summed E-state index contributed by atoms with van der Waals surface area (Å²) in [4.78, 5) is 44.4. The number of aromatic carboxylic acids is 1. The lowest BCUT2D eigenvalue weighted by Gasteiger charge is -2.14. The highest BCUT2D eigenvalue weighted by Crippen LogP contribution is 2.13. The van der Waals surface area contributed by atoms with E-state index in [0.717, 1.165) is 0 Å². The van der Waals surface area contributed by atoms with Gasteiger partial charge in [-0.3, -0.25) is 4.79 Å². The van der Waals surface area contributed by atoms with Crippen molar-refractivity contribution in [3.63, 3.8) is 0 Å². The molecule has 8 nitrogen and oxygen atoms in total. The van der Waals surface area contributed by atoms with E-state index in [0.29, 0.717) is 0 Å². The molecule has 0 radical (unpaired) electrons. The van der Waals surface area contributed by atoms with Crippen molar-refractivity contribution >= 4 is 23.6 Å². The molecule has 0 bridgehead atoms. The smallest absolute Gasteiger partial charge is 0.335 e. The fourth-order valence-corrected chi connectivity index (χ4v) is 1.71. The molecule has 0 saturated carbocycles. The van der Waals surface area contributed by atoms with Crippen molar-refractivity contribution in [3.8, 4) is 5.75 Å². The Hall–Kier alpha value is -2.90. The molecular formula is C15H17NO7. The zero-order chi connectivity index (χ0) is 17.4. The molecule has 124 valence electrons. The first-order valence-corrected chi connectivity index (χ1v) is 6.77. The fraction of sp³-hybridized carbons (Fsp3) is 0.333. The van der Waals surface area contributed by atoms with Crippen LogP contribution in [-0.4, -0.2) is 46.5 Å². The molecule has 1 aromatic carbocycles. The topological polar surface area (TPSA) is 130 Å². The number of carbonyl (C=O) groups excluding carboxylic acids is 2. The molecule has 1 amide bonds. The van der Waals surface area contributed by atoms with E-state index < -0.39 is 30.5 Å². The molecule has 3 N–H and O–H groups in total. The van der Waals surface area contributed by atoms with Gasteiger partial charge in [0.05, 0.1) is 5.56 Å². The summed E-state index contributed by atoms with van der Waals surface area (Å²) < 4.78 is 5.13. The van der Waals surface area contributed by atoms with Gasteiger partial charge in [-0.1, -0.05) is 6.07 Å². The molecule has 1 aromatic rings. The molecule has 0 aliphatic rings. The van der Waals surface area contributed by atoms with Crippen molar-refractivity contribution in [1.82, 2.24) is 5.32 Å². The van der Waals surface area contributed by atoms with Crippen LogP contribution in [0.5, 0.6) is 5.75 Å². The minimum atomic E-state index is -1.24. The third-order valence-electron chi connectivity index (χ3n) is 2.87. The number of carboxylic acids is 2. The van der Waals surface area contributed by atoms with Crippen molar-refractivity contribution in [2.45, 2.75) is 25.8 Å². The normalized spacial score (nSPS) is 11.3. The second-order valence-corrected chi connectivity index (χ2v) is 4.82. The first-order chi connectivity index (χ1) is 10.8. The Labute approximate surface area is 132 Å². The molecule has 23 heavy (non-hydrogen) atoms. The lowest BCUT2D eigenvalue weighted by atomic mass is 10.1. The summed E-state index contributed by atoms with van der Waals surface area (Å²) in [6, 6.07) is 4.38. The second-order valence-electron chi connectivity index (χ2n) is 4.82.